The minimum absolute atomic E-state index is 0. The maximum atomic E-state index is 5.07. The first-order valence-corrected chi connectivity index (χ1v) is 1.72. The summed E-state index contributed by atoms with van der Waals surface area (Å²) in [6, 6.07) is 0. The van der Waals surface area contributed by atoms with Gasteiger partial charge in [0.05, 0.1) is 0 Å². The fourth-order valence-corrected chi connectivity index (χ4v) is 0.118. The van der Waals surface area contributed by atoms with Crippen molar-refractivity contribution in [3.8, 4) is 0 Å². The third-order valence-corrected chi connectivity index (χ3v) is 0.371. The first-order chi connectivity index (χ1) is 2.41. The van der Waals surface area contributed by atoms with Crippen LogP contribution in [0.1, 0.15) is 6.42 Å². The Balaban J connectivity index is -0.0000000800. The first-order valence-electron chi connectivity index (χ1n) is 1.72. The molecule has 3 nitrogen and oxygen atoms in total. The van der Waals surface area contributed by atoms with Crippen LogP contribution in [-0.4, -0.2) is 6.54 Å². The SMILES string of the molecule is C=CCCN.N.N. The van der Waals surface area contributed by atoms with Crippen molar-refractivity contribution in [3.63, 3.8) is 0 Å². The molecule has 0 unspecified atom stereocenters. The fourth-order valence-electron chi connectivity index (χ4n) is 0.118. The van der Waals surface area contributed by atoms with Gasteiger partial charge in [0.25, 0.3) is 0 Å². The summed E-state index contributed by atoms with van der Waals surface area (Å²) in [4.78, 5) is 0. The zero-order valence-electron chi connectivity index (χ0n) is 4.69. The van der Waals surface area contributed by atoms with Gasteiger partial charge in [-0.2, -0.15) is 0 Å². The molecule has 0 saturated heterocycles. The monoisotopic (exact) mass is 105 g/mol. The number of hydrogen-bond acceptors (Lipinski definition) is 3. The van der Waals surface area contributed by atoms with Crippen LogP contribution in [0.5, 0.6) is 0 Å². The van der Waals surface area contributed by atoms with Crippen LogP contribution in [0.15, 0.2) is 12.7 Å². The second-order valence-corrected chi connectivity index (χ2v) is 0.866. The second kappa shape index (κ2) is 17.5. The average Bonchev–Trinajstić information content (AvgIpc) is 1.41. The Labute approximate surface area is 44.8 Å². The van der Waals surface area contributed by atoms with Gasteiger partial charge in [0.15, 0.2) is 0 Å². The van der Waals surface area contributed by atoms with E-state index in [0.29, 0.717) is 0 Å². The van der Waals surface area contributed by atoms with E-state index in [0.717, 1.165) is 13.0 Å². The van der Waals surface area contributed by atoms with E-state index in [1.807, 2.05) is 0 Å². The van der Waals surface area contributed by atoms with Crippen LogP contribution in [-0.2, 0) is 0 Å². The highest BCUT2D eigenvalue weighted by Crippen LogP contribution is 1.66. The number of rotatable bonds is 2. The molecule has 0 rings (SSSR count). The molecular weight excluding hydrogens is 90.1 g/mol. The molecule has 0 saturated carbocycles. The molecular formula is C4H15N3. The van der Waals surface area contributed by atoms with E-state index in [9.17, 15) is 0 Å². The Hall–Kier alpha value is -0.380. The summed E-state index contributed by atoms with van der Waals surface area (Å²) in [6.45, 7) is 4.20. The summed E-state index contributed by atoms with van der Waals surface area (Å²) < 4.78 is 0. The van der Waals surface area contributed by atoms with Crippen LogP contribution >= 0.6 is 0 Å². The quantitative estimate of drug-likeness (QED) is 0.454. The number of nitrogens with two attached hydrogens (primary N) is 1. The van der Waals surface area contributed by atoms with E-state index in [4.69, 9.17) is 5.73 Å². The molecule has 0 aromatic carbocycles. The van der Waals surface area contributed by atoms with Gasteiger partial charge in [-0.25, -0.2) is 0 Å². The first kappa shape index (κ1) is 16.0. The predicted molar refractivity (Wildman–Crippen MR) is 33.9 cm³/mol. The lowest BCUT2D eigenvalue weighted by Crippen LogP contribution is -1.94. The largest absolute Gasteiger partial charge is 0.344 e. The molecule has 0 atom stereocenters. The van der Waals surface area contributed by atoms with Gasteiger partial charge in [-0.1, -0.05) is 6.08 Å². The maximum absolute atomic E-state index is 5.07. The van der Waals surface area contributed by atoms with Crippen LogP contribution in [0, 0.1) is 0 Å². The van der Waals surface area contributed by atoms with Crippen molar-refractivity contribution < 1.29 is 0 Å². The Morgan fingerprint density at radius 2 is 1.86 bits per heavy atom. The minimum atomic E-state index is 0. The molecule has 0 aliphatic heterocycles. The lowest BCUT2D eigenvalue weighted by Gasteiger charge is -1.74. The molecule has 0 radical (unpaired) electrons. The van der Waals surface area contributed by atoms with Gasteiger partial charge in [-0.3, -0.25) is 0 Å². The molecule has 8 N–H and O–H groups in total. The lowest BCUT2D eigenvalue weighted by molar-refractivity contribution is 1.01. The van der Waals surface area contributed by atoms with Crippen LogP contribution in [0.3, 0.4) is 0 Å². The zero-order valence-corrected chi connectivity index (χ0v) is 4.69. The molecule has 0 aliphatic carbocycles. The zero-order chi connectivity index (χ0) is 4.12. The smallest absolute Gasteiger partial charge is 0.00427 e. The molecule has 0 amide bonds. The Bertz CT molecular complexity index is 28.1. The highest BCUT2D eigenvalue weighted by atomic mass is 14.5. The molecule has 7 heavy (non-hydrogen) atoms. The summed E-state index contributed by atoms with van der Waals surface area (Å²) >= 11 is 0. The standard InChI is InChI=1S/C4H9N.2H3N/c1-2-3-4-5;;/h2H,1,3-5H2;2*1H3. The van der Waals surface area contributed by atoms with Gasteiger partial charge in [-0.15, -0.1) is 6.58 Å². The molecule has 0 aliphatic rings. The highest BCUT2D eigenvalue weighted by Gasteiger charge is 1.61. The number of hydrogen-bond donors (Lipinski definition) is 3. The van der Waals surface area contributed by atoms with Gasteiger partial charge in [-0.05, 0) is 13.0 Å². The molecule has 46 valence electrons. The molecule has 0 heterocycles. The topological polar surface area (TPSA) is 96.0 Å². The third kappa shape index (κ3) is 28.1. The average molecular weight is 105 g/mol. The summed E-state index contributed by atoms with van der Waals surface area (Å²) in [7, 11) is 0. The van der Waals surface area contributed by atoms with Crippen molar-refractivity contribution in [1.29, 1.82) is 0 Å². The summed E-state index contributed by atoms with van der Waals surface area (Å²) in [5.74, 6) is 0. The Morgan fingerprint density at radius 1 is 1.43 bits per heavy atom. The van der Waals surface area contributed by atoms with E-state index >= 15 is 0 Å². The summed E-state index contributed by atoms with van der Waals surface area (Å²) in [5, 5.41) is 0. The molecule has 0 aromatic heterocycles. The summed E-state index contributed by atoms with van der Waals surface area (Å²) in [6.07, 6.45) is 2.74. The highest BCUT2D eigenvalue weighted by molar-refractivity contribution is 4.64. The van der Waals surface area contributed by atoms with Gasteiger partial charge < -0.3 is 18.0 Å². The molecule has 3 heteroatoms. The van der Waals surface area contributed by atoms with E-state index < -0.39 is 0 Å². The summed E-state index contributed by atoms with van der Waals surface area (Å²) in [5.41, 5.74) is 5.07. The molecule has 0 bridgehead atoms. The third-order valence-electron chi connectivity index (χ3n) is 0.371. The van der Waals surface area contributed by atoms with E-state index in [2.05, 4.69) is 6.58 Å². The van der Waals surface area contributed by atoms with Crippen LogP contribution in [0.25, 0.3) is 0 Å². The van der Waals surface area contributed by atoms with Crippen molar-refractivity contribution in [1.82, 2.24) is 12.3 Å². The van der Waals surface area contributed by atoms with Crippen molar-refractivity contribution in [2.75, 3.05) is 6.54 Å². The van der Waals surface area contributed by atoms with Crippen LogP contribution in [0.4, 0.5) is 0 Å². The van der Waals surface area contributed by atoms with E-state index in [1.165, 1.54) is 0 Å². The maximum Gasteiger partial charge on any atom is -0.00427 e. The minimum Gasteiger partial charge on any atom is -0.344 e. The van der Waals surface area contributed by atoms with Crippen molar-refractivity contribution in [2.45, 2.75) is 6.42 Å². The van der Waals surface area contributed by atoms with Crippen molar-refractivity contribution in [2.24, 2.45) is 5.73 Å². The van der Waals surface area contributed by atoms with Gasteiger partial charge in [0.2, 0.25) is 0 Å². The normalized spacial score (nSPS) is 5.29. The van der Waals surface area contributed by atoms with Gasteiger partial charge in [0.1, 0.15) is 0 Å². The van der Waals surface area contributed by atoms with Crippen LogP contribution in [0.2, 0.25) is 0 Å². The molecule has 0 fully saturated rings. The van der Waals surface area contributed by atoms with Gasteiger partial charge in [0, 0.05) is 0 Å². The predicted octanol–water partition coefficient (Wildman–Crippen LogP) is 0.845. The van der Waals surface area contributed by atoms with Crippen molar-refractivity contribution in [3.05, 3.63) is 12.7 Å². The van der Waals surface area contributed by atoms with Crippen LogP contribution < -0.4 is 18.0 Å². The van der Waals surface area contributed by atoms with E-state index in [-0.39, 0.29) is 12.3 Å². The molecule has 0 aromatic rings. The fraction of sp³-hybridized carbons (Fsp3) is 0.500. The Kier molecular flexibility index (Phi) is 39.8. The van der Waals surface area contributed by atoms with E-state index in [1.54, 1.807) is 6.08 Å². The molecule has 0 spiro atoms. The van der Waals surface area contributed by atoms with Gasteiger partial charge >= 0.3 is 0 Å². The van der Waals surface area contributed by atoms with Crippen molar-refractivity contribution >= 4 is 0 Å². The lowest BCUT2D eigenvalue weighted by atomic mass is 10.4. The second-order valence-electron chi connectivity index (χ2n) is 0.866. The Morgan fingerprint density at radius 3 is 1.86 bits per heavy atom.